The van der Waals surface area contributed by atoms with E-state index in [1.54, 1.807) is 22.6 Å². The van der Waals surface area contributed by atoms with Crippen LogP contribution in [-0.4, -0.2) is 9.91 Å². The summed E-state index contributed by atoms with van der Waals surface area (Å²) < 4.78 is 24.7. The van der Waals surface area contributed by atoms with E-state index >= 15 is 0 Å². The van der Waals surface area contributed by atoms with Gasteiger partial charge in [0, 0.05) is 22.6 Å². The number of hydrogen-bond donors (Lipinski definition) is 0. The van der Waals surface area contributed by atoms with Crippen LogP contribution in [0.15, 0.2) is 6.07 Å². The summed E-state index contributed by atoms with van der Waals surface area (Å²) in [6.45, 7) is 0. The number of nitro groups is 1. The van der Waals surface area contributed by atoms with Crippen LogP contribution in [0.2, 0.25) is 5.02 Å². The van der Waals surface area contributed by atoms with E-state index in [0.717, 1.165) is 6.07 Å². The second-order valence-electron chi connectivity index (χ2n) is 2.23. The van der Waals surface area contributed by atoms with Crippen LogP contribution in [0.1, 0.15) is 12.0 Å². The summed E-state index contributed by atoms with van der Waals surface area (Å²) in [5.41, 5.74) is -0.764. The molecule has 0 spiro atoms. The standard InChI is InChI=1S/C6H2ClF2IN2O2/c7-3-1-2(4(8)9)6(12(13)14)11-5(3)10/h1,4H. The average molecular weight is 334 g/mol. The second-order valence-corrected chi connectivity index (χ2v) is 3.66. The Kier molecular flexibility index (Phi) is 3.53. The summed E-state index contributed by atoms with van der Waals surface area (Å²) >= 11 is 7.14. The molecule has 0 aliphatic rings. The largest absolute Gasteiger partial charge is 0.373 e. The van der Waals surface area contributed by atoms with Crippen LogP contribution in [0.5, 0.6) is 0 Å². The Morgan fingerprint density at radius 3 is 2.64 bits per heavy atom. The molecular weight excluding hydrogens is 332 g/mol. The Morgan fingerprint density at radius 2 is 2.21 bits per heavy atom. The molecule has 0 N–H and O–H groups in total. The monoisotopic (exact) mass is 334 g/mol. The second kappa shape index (κ2) is 4.30. The van der Waals surface area contributed by atoms with Crippen molar-refractivity contribution in [2.45, 2.75) is 6.43 Å². The van der Waals surface area contributed by atoms with Gasteiger partial charge in [0.1, 0.15) is 5.56 Å². The summed E-state index contributed by atoms with van der Waals surface area (Å²) in [6.07, 6.45) is -2.96. The fraction of sp³-hybridized carbons (Fsp3) is 0.167. The lowest BCUT2D eigenvalue weighted by molar-refractivity contribution is -0.391. The molecule has 0 radical (unpaired) electrons. The number of aromatic nitrogens is 1. The minimum Gasteiger partial charge on any atom is -0.358 e. The topological polar surface area (TPSA) is 56.0 Å². The van der Waals surface area contributed by atoms with Crippen LogP contribution < -0.4 is 0 Å². The van der Waals surface area contributed by atoms with E-state index < -0.39 is 22.7 Å². The number of pyridine rings is 1. The molecule has 1 aromatic heterocycles. The lowest BCUT2D eigenvalue weighted by atomic mass is 10.3. The van der Waals surface area contributed by atoms with Crippen molar-refractivity contribution >= 4 is 40.0 Å². The molecule has 1 heterocycles. The van der Waals surface area contributed by atoms with Crippen LogP contribution in [-0.2, 0) is 0 Å². The third-order valence-corrected chi connectivity index (χ3v) is 2.78. The van der Waals surface area contributed by atoms with E-state index in [2.05, 4.69) is 4.98 Å². The summed E-state index contributed by atoms with van der Waals surface area (Å²) in [4.78, 5) is 12.8. The lowest BCUT2D eigenvalue weighted by Gasteiger charge is -2.01. The highest BCUT2D eigenvalue weighted by Crippen LogP contribution is 2.31. The Morgan fingerprint density at radius 1 is 1.64 bits per heavy atom. The van der Waals surface area contributed by atoms with Crippen molar-refractivity contribution in [1.29, 1.82) is 0 Å². The summed E-state index contributed by atoms with van der Waals surface area (Å²) in [6, 6.07) is 0.860. The first-order valence-corrected chi connectivity index (χ1v) is 4.67. The average Bonchev–Trinajstić information content (AvgIpc) is 2.08. The van der Waals surface area contributed by atoms with Crippen molar-refractivity contribution in [3.8, 4) is 0 Å². The predicted octanol–water partition coefficient (Wildman–Crippen LogP) is 3.19. The van der Waals surface area contributed by atoms with E-state index in [0.29, 0.717) is 0 Å². The first-order valence-electron chi connectivity index (χ1n) is 3.22. The van der Waals surface area contributed by atoms with Crippen molar-refractivity contribution in [2.24, 2.45) is 0 Å². The summed E-state index contributed by atoms with van der Waals surface area (Å²) in [5, 5.41) is 10.3. The smallest absolute Gasteiger partial charge is 0.358 e. The highest BCUT2D eigenvalue weighted by atomic mass is 127. The van der Waals surface area contributed by atoms with Gasteiger partial charge >= 0.3 is 5.82 Å². The molecule has 1 aromatic rings. The number of alkyl halides is 2. The molecule has 1 rings (SSSR count). The number of hydrogen-bond acceptors (Lipinski definition) is 3. The first kappa shape index (κ1) is 11.5. The van der Waals surface area contributed by atoms with Gasteiger partial charge in [0.15, 0.2) is 0 Å². The van der Waals surface area contributed by atoms with Crippen molar-refractivity contribution in [3.05, 3.63) is 30.5 Å². The minimum atomic E-state index is -2.96. The molecule has 8 heteroatoms. The third-order valence-electron chi connectivity index (χ3n) is 1.35. The molecule has 0 aromatic carbocycles. The van der Waals surface area contributed by atoms with Gasteiger partial charge in [-0.15, -0.1) is 0 Å². The predicted molar refractivity (Wildman–Crippen MR) is 53.6 cm³/mol. The summed E-state index contributed by atoms with van der Waals surface area (Å²) in [5.74, 6) is -0.853. The SMILES string of the molecule is O=[N+]([O-])c1nc(I)c(Cl)cc1C(F)F. The van der Waals surface area contributed by atoms with E-state index in [1.807, 2.05) is 0 Å². The highest BCUT2D eigenvalue weighted by molar-refractivity contribution is 14.1. The van der Waals surface area contributed by atoms with Crippen molar-refractivity contribution in [2.75, 3.05) is 0 Å². The lowest BCUT2D eigenvalue weighted by Crippen LogP contribution is -2.01. The molecule has 4 nitrogen and oxygen atoms in total. The van der Waals surface area contributed by atoms with E-state index in [1.165, 1.54) is 0 Å². The van der Waals surface area contributed by atoms with Gasteiger partial charge in [-0.2, -0.15) is 0 Å². The number of halogens is 4. The van der Waals surface area contributed by atoms with E-state index in [9.17, 15) is 18.9 Å². The Labute approximate surface area is 95.6 Å². The Balaban J connectivity index is 3.39. The van der Waals surface area contributed by atoms with E-state index in [4.69, 9.17) is 11.6 Å². The van der Waals surface area contributed by atoms with Gasteiger partial charge in [0.2, 0.25) is 3.70 Å². The van der Waals surface area contributed by atoms with Crippen LogP contribution in [0.3, 0.4) is 0 Å². The molecule has 0 saturated carbocycles. The van der Waals surface area contributed by atoms with Crippen LogP contribution in [0.25, 0.3) is 0 Å². The van der Waals surface area contributed by atoms with Gasteiger partial charge in [-0.25, -0.2) is 8.78 Å². The zero-order valence-electron chi connectivity index (χ0n) is 6.38. The normalized spacial score (nSPS) is 10.6. The molecule has 0 fully saturated rings. The molecule has 0 bridgehead atoms. The number of rotatable bonds is 2. The van der Waals surface area contributed by atoms with Crippen LogP contribution in [0, 0.1) is 13.8 Å². The van der Waals surface area contributed by atoms with Crippen molar-refractivity contribution in [1.82, 2.24) is 4.98 Å². The molecular formula is C6H2ClF2IN2O2. The van der Waals surface area contributed by atoms with Gasteiger partial charge in [-0.05, 0) is 16.0 Å². The molecule has 0 saturated heterocycles. The maximum Gasteiger partial charge on any atom is 0.373 e. The van der Waals surface area contributed by atoms with Gasteiger partial charge in [0.25, 0.3) is 6.43 Å². The summed E-state index contributed by atoms with van der Waals surface area (Å²) in [7, 11) is 0. The van der Waals surface area contributed by atoms with Gasteiger partial charge in [0.05, 0.1) is 5.02 Å². The van der Waals surface area contributed by atoms with Crippen LogP contribution >= 0.6 is 34.2 Å². The molecule has 0 amide bonds. The fourth-order valence-corrected chi connectivity index (χ4v) is 1.32. The maximum absolute atomic E-state index is 12.3. The zero-order chi connectivity index (χ0) is 10.9. The molecule has 0 aliphatic heterocycles. The Hall–Kier alpha value is -0.570. The van der Waals surface area contributed by atoms with E-state index in [-0.39, 0.29) is 8.72 Å². The van der Waals surface area contributed by atoms with Crippen molar-refractivity contribution < 1.29 is 13.7 Å². The highest BCUT2D eigenvalue weighted by Gasteiger charge is 2.25. The molecule has 76 valence electrons. The molecule has 0 aliphatic carbocycles. The van der Waals surface area contributed by atoms with Gasteiger partial charge in [-0.1, -0.05) is 11.6 Å². The fourth-order valence-electron chi connectivity index (χ4n) is 0.778. The molecule has 0 unspecified atom stereocenters. The zero-order valence-corrected chi connectivity index (χ0v) is 9.29. The molecule has 14 heavy (non-hydrogen) atoms. The Bertz CT molecular complexity index is 388. The quantitative estimate of drug-likeness (QED) is 0.361. The third kappa shape index (κ3) is 2.27. The van der Waals surface area contributed by atoms with Crippen molar-refractivity contribution in [3.63, 3.8) is 0 Å². The van der Waals surface area contributed by atoms with Crippen LogP contribution in [0.4, 0.5) is 14.6 Å². The maximum atomic E-state index is 12.3. The van der Waals surface area contributed by atoms with Gasteiger partial charge < -0.3 is 10.1 Å². The molecule has 0 atom stereocenters. The minimum absolute atomic E-state index is 0.0218. The van der Waals surface area contributed by atoms with Gasteiger partial charge in [-0.3, -0.25) is 0 Å². The first-order chi connectivity index (χ1) is 6.43. The number of nitrogens with zero attached hydrogens (tertiary/aromatic N) is 2.